The second kappa shape index (κ2) is 11.3. The molecule has 3 aromatic rings. The van der Waals surface area contributed by atoms with Crippen LogP contribution >= 0.6 is 11.6 Å². The molecule has 0 bridgehead atoms. The summed E-state index contributed by atoms with van der Waals surface area (Å²) in [6.45, 7) is 7.33. The maximum atomic E-state index is 13.8. The van der Waals surface area contributed by atoms with Crippen LogP contribution in [0.4, 0.5) is 22.0 Å². The van der Waals surface area contributed by atoms with Crippen LogP contribution in [0.25, 0.3) is 11.3 Å². The van der Waals surface area contributed by atoms with E-state index in [0.29, 0.717) is 82.1 Å². The first-order valence-corrected chi connectivity index (χ1v) is 12.7. The summed E-state index contributed by atoms with van der Waals surface area (Å²) in [4.78, 5) is 32.9. The summed E-state index contributed by atoms with van der Waals surface area (Å²) in [5.74, 6) is 1.16. The number of hydrogen-bond acceptors (Lipinski definition) is 9. The zero-order valence-electron chi connectivity index (χ0n) is 20.6. The number of hydrogen-bond donors (Lipinski definition) is 0. The lowest BCUT2D eigenvalue weighted by Crippen LogP contribution is -2.47. The molecule has 1 aromatic carbocycles. The number of rotatable bonds is 6. The van der Waals surface area contributed by atoms with Gasteiger partial charge in [0.05, 0.1) is 30.5 Å². The summed E-state index contributed by atoms with van der Waals surface area (Å²) in [6, 6.07) is 10.00. The van der Waals surface area contributed by atoms with E-state index < -0.39 is 5.82 Å². The van der Waals surface area contributed by atoms with Crippen LogP contribution in [0.1, 0.15) is 17.3 Å². The number of esters is 1. The van der Waals surface area contributed by atoms with Gasteiger partial charge in [0.25, 0.3) is 0 Å². The fourth-order valence-electron chi connectivity index (χ4n) is 4.46. The van der Waals surface area contributed by atoms with Crippen LogP contribution in [-0.2, 0) is 9.47 Å². The maximum absolute atomic E-state index is 13.8. The fraction of sp³-hybridized carbons (Fsp3) is 0.385. The molecule has 2 aromatic heterocycles. The number of piperazine rings is 1. The van der Waals surface area contributed by atoms with Gasteiger partial charge in [-0.25, -0.2) is 19.2 Å². The zero-order valence-corrected chi connectivity index (χ0v) is 21.3. The highest BCUT2D eigenvalue weighted by atomic mass is 35.5. The van der Waals surface area contributed by atoms with Crippen LogP contribution in [0.5, 0.6) is 0 Å². The molecule has 0 unspecified atom stereocenters. The van der Waals surface area contributed by atoms with Crippen LogP contribution in [0, 0.1) is 5.82 Å². The van der Waals surface area contributed by atoms with Crippen LogP contribution in [0.3, 0.4) is 0 Å². The van der Waals surface area contributed by atoms with E-state index >= 15 is 0 Å². The minimum Gasteiger partial charge on any atom is -0.462 e. The molecule has 2 aliphatic rings. The van der Waals surface area contributed by atoms with Gasteiger partial charge in [-0.2, -0.15) is 4.98 Å². The summed E-state index contributed by atoms with van der Waals surface area (Å²) in [5.41, 5.74) is 1.85. The Kier molecular flexibility index (Phi) is 7.66. The first-order chi connectivity index (χ1) is 18.0. The minimum absolute atomic E-state index is 0.0481. The average Bonchev–Trinajstić information content (AvgIpc) is 2.95. The molecule has 0 aliphatic carbocycles. The van der Waals surface area contributed by atoms with E-state index in [9.17, 15) is 9.18 Å². The Bertz CT molecular complexity index is 1260. The largest absolute Gasteiger partial charge is 0.462 e. The number of nitrogens with zero attached hydrogens (tertiary/aromatic N) is 6. The van der Waals surface area contributed by atoms with Crippen molar-refractivity contribution in [3.8, 4) is 11.3 Å². The molecule has 2 fully saturated rings. The first kappa shape index (κ1) is 25.2. The highest BCUT2D eigenvalue weighted by molar-refractivity contribution is 6.31. The number of anilines is 3. The number of carbonyl (C=O) groups is 1. The van der Waals surface area contributed by atoms with Crippen molar-refractivity contribution in [3.63, 3.8) is 0 Å². The number of halogens is 2. The van der Waals surface area contributed by atoms with Crippen LogP contribution in [0.15, 0.2) is 42.6 Å². The predicted octanol–water partition coefficient (Wildman–Crippen LogP) is 3.67. The Hall–Kier alpha value is -3.50. The van der Waals surface area contributed by atoms with Gasteiger partial charge in [0.2, 0.25) is 5.95 Å². The lowest BCUT2D eigenvalue weighted by atomic mass is 10.1. The van der Waals surface area contributed by atoms with Gasteiger partial charge in [-0.3, -0.25) is 0 Å². The van der Waals surface area contributed by atoms with Crippen molar-refractivity contribution in [1.29, 1.82) is 0 Å². The molecule has 0 spiro atoms. The molecular formula is C26H28ClFN6O3. The Morgan fingerprint density at radius 3 is 2.51 bits per heavy atom. The highest BCUT2D eigenvalue weighted by Gasteiger charge is 2.25. The van der Waals surface area contributed by atoms with Gasteiger partial charge in [-0.15, -0.1) is 0 Å². The number of benzene rings is 1. The molecule has 4 heterocycles. The average molecular weight is 527 g/mol. The van der Waals surface area contributed by atoms with E-state index in [1.807, 2.05) is 6.07 Å². The van der Waals surface area contributed by atoms with Gasteiger partial charge >= 0.3 is 5.97 Å². The van der Waals surface area contributed by atoms with E-state index in [2.05, 4.69) is 19.7 Å². The number of pyridine rings is 1. The van der Waals surface area contributed by atoms with E-state index in [4.69, 9.17) is 31.0 Å². The summed E-state index contributed by atoms with van der Waals surface area (Å²) >= 11 is 6.07. The Balaban J connectivity index is 1.41. The Morgan fingerprint density at radius 1 is 1.03 bits per heavy atom. The van der Waals surface area contributed by atoms with E-state index in [0.717, 1.165) is 11.4 Å². The smallest absolute Gasteiger partial charge is 0.341 e. The molecule has 9 nitrogen and oxygen atoms in total. The SMILES string of the molecule is CCOC(=O)c1cccnc1N1CCN(c2cc(-c3ccc(F)c(Cl)c3)nc(N3CCOCC3)n2)CC1. The van der Waals surface area contributed by atoms with Crippen LogP contribution < -0.4 is 14.7 Å². The zero-order chi connectivity index (χ0) is 25.8. The summed E-state index contributed by atoms with van der Waals surface area (Å²) in [5, 5.41) is 0.0481. The monoisotopic (exact) mass is 526 g/mol. The molecule has 2 aliphatic heterocycles. The standard InChI is InChI=1S/C26H28ClFN6O3/c1-2-37-25(35)19-4-3-7-29-24(19)33-10-8-32(9-11-33)23-17-22(18-5-6-21(28)20(27)16-18)30-26(31-23)34-12-14-36-15-13-34/h3-7,16-17H,2,8-15H2,1H3. The van der Waals surface area contributed by atoms with Gasteiger partial charge in [0, 0.05) is 57.1 Å². The van der Waals surface area contributed by atoms with Gasteiger partial charge in [0.15, 0.2) is 0 Å². The number of aromatic nitrogens is 3. The third kappa shape index (κ3) is 5.60. The van der Waals surface area contributed by atoms with Gasteiger partial charge in [-0.1, -0.05) is 11.6 Å². The summed E-state index contributed by atoms with van der Waals surface area (Å²) in [7, 11) is 0. The number of carbonyl (C=O) groups excluding carboxylic acids is 1. The highest BCUT2D eigenvalue weighted by Crippen LogP contribution is 2.29. The molecule has 5 rings (SSSR count). The van der Waals surface area contributed by atoms with Crippen LogP contribution in [-0.4, -0.2) is 80.0 Å². The lowest BCUT2D eigenvalue weighted by Gasteiger charge is -2.37. The number of ether oxygens (including phenoxy) is 2. The van der Waals surface area contributed by atoms with Crippen molar-refractivity contribution >= 4 is 35.2 Å². The first-order valence-electron chi connectivity index (χ1n) is 12.3. The van der Waals surface area contributed by atoms with Gasteiger partial charge < -0.3 is 24.2 Å². The van der Waals surface area contributed by atoms with Crippen molar-refractivity contribution in [2.24, 2.45) is 0 Å². The molecule has 0 amide bonds. The van der Waals surface area contributed by atoms with Crippen LogP contribution in [0.2, 0.25) is 5.02 Å². The van der Waals surface area contributed by atoms with Crippen molar-refractivity contribution in [1.82, 2.24) is 15.0 Å². The van der Waals surface area contributed by atoms with Crippen molar-refractivity contribution < 1.29 is 18.7 Å². The van der Waals surface area contributed by atoms with E-state index in [1.54, 1.807) is 37.4 Å². The third-order valence-electron chi connectivity index (χ3n) is 6.40. The van der Waals surface area contributed by atoms with Crippen molar-refractivity contribution in [3.05, 3.63) is 59.0 Å². The molecular weight excluding hydrogens is 499 g/mol. The van der Waals surface area contributed by atoms with Gasteiger partial charge in [-0.05, 0) is 37.3 Å². The number of morpholine rings is 1. The van der Waals surface area contributed by atoms with E-state index in [-0.39, 0.29) is 11.0 Å². The minimum atomic E-state index is -0.471. The molecule has 0 radical (unpaired) electrons. The van der Waals surface area contributed by atoms with Crippen molar-refractivity contribution in [2.75, 3.05) is 73.8 Å². The lowest BCUT2D eigenvalue weighted by molar-refractivity contribution is 0.0526. The maximum Gasteiger partial charge on any atom is 0.341 e. The molecule has 0 atom stereocenters. The van der Waals surface area contributed by atoms with E-state index in [1.165, 1.54) is 6.07 Å². The Morgan fingerprint density at radius 2 is 1.78 bits per heavy atom. The predicted molar refractivity (Wildman–Crippen MR) is 140 cm³/mol. The third-order valence-corrected chi connectivity index (χ3v) is 6.68. The topological polar surface area (TPSA) is 83.9 Å². The molecule has 37 heavy (non-hydrogen) atoms. The molecule has 0 N–H and O–H groups in total. The molecule has 11 heteroatoms. The summed E-state index contributed by atoms with van der Waals surface area (Å²) in [6.07, 6.45) is 1.68. The second-order valence-corrected chi connectivity index (χ2v) is 9.12. The molecule has 194 valence electrons. The summed E-state index contributed by atoms with van der Waals surface area (Å²) < 4.78 is 24.5. The Labute approximate surface area is 219 Å². The second-order valence-electron chi connectivity index (χ2n) is 8.71. The normalized spacial score (nSPS) is 16.1. The fourth-order valence-corrected chi connectivity index (χ4v) is 4.64. The van der Waals surface area contributed by atoms with Crippen molar-refractivity contribution in [2.45, 2.75) is 6.92 Å². The quantitative estimate of drug-likeness (QED) is 0.447. The molecule has 0 saturated carbocycles. The molecule has 2 saturated heterocycles. The van der Waals surface area contributed by atoms with Gasteiger partial charge in [0.1, 0.15) is 23.0 Å².